The van der Waals surface area contributed by atoms with Gasteiger partial charge in [0.1, 0.15) is 23.2 Å². The van der Waals surface area contributed by atoms with E-state index in [0.29, 0.717) is 11.5 Å². The zero-order chi connectivity index (χ0) is 17.2. The summed E-state index contributed by atoms with van der Waals surface area (Å²) in [6.45, 7) is 0. The third-order valence-corrected chi connectivity index (χ3v) is 4.75. The SMILES string of the molecule is N#Cc1cc(-c2c[nH]c3ncccc23)cc(NC2CCC(O)CC2)n1. The molecule has 3 aromatic rings. The summed E-state index contributed by atoms with van der Waals surface area (Å²) < 4.78 is 0. The lowest BCUT2D eigenvalue weighted by Gasteiger charge is -2.26. The van der Waals surface area contributed by atoms with Crippen LogP contribution in [0, 0.1) is 11.3 Å². The highest BCUT2D eigenvalue weighted by Gasteiger charge is 2.20. The Morgan fingerprint density at radius 2 is 2.08 bits per heavy atom. The predicted octanol–water partition coefficient (Wildman–Crippen LogP) is 3.21. The second-order valence-corrected chi connectivity index (χ2v) is 6.49. The third-order valence-electron chi connectivity index (χ3n) is 4.75. The van der Waals surface area contributed by atoms with E-state index >= 15 is 0 Å². The molecule has 126 valence electrons. The van der Waals surface area contributed by atoms with Crippen molar-refractivity contribution < 1.29 is 5.11 Å². The largest absolute Gasteiger partial charge is 0.393 e. The number of aliphatic hydroxyl groups excluding tert-OH is 1. The summed E-state index contributed by atoms with van der Waals surface area (Å²) in [6, 6.07) is 10.1. The van der Waals surface area contributed by atoms with Crippen molar-refractivity contribution in [1.29, 1.82) is 5.26 Å². The number of anilines is 1. The average molecular weight is 333 g/mol. The molecule has 1 aliphatic rings. The molecule has 0 saturated heterocycles. The standard InChI is InChI=1S/C19H19N5O/c20-10-14-8-12(17-11-22-19-16(17)2-1-7-21-19)9-18(24-14)23-13-3-5-15(25)6-4-13/h1-2,7-9,11,13,15,25H,3-6H2,(H,21,22)(H,23,24). The predicted molar refractivity (Wildman–Crippen MR) is 95.9 cm³/mol. The number of aliphatic hydroxyl groups is 1. The fourth-order valence-electron chi connectivity index (χ4n) is 3.44. The van der Waals surface area contributed by atoms with E-state index in [1.165, 1.54) is 0 Å². The number of hydrogen-bond acceptors (Lipinski definition) is 5. The van der Waals surface area contributed by atoms with Gasteiger partial charge in [0, 0.05) is 29.4 Å². The first-order valence-electron chi connectivity index (χ1n) is 8.52. The fourth-order valence-corrected chi connectivity index (χ4v) is 3.44. The van der Waals surface area contributed by atoms with Gasteiger partial charge in [-0.25, -0.2) is 9.97 Å². The van der Waals surface area contributed by atoms with Crippen molar-refractivity contribution in [3.05, 3.63) is 42.4 Å². The summed E-state index contributed by atoms with van der Waals surface area (Å²) in [5.41, 5.74) is 3.14. The Morgan fingerprint density at radius 1 is 1.24 bits per heavy atom. The van der Waals surface area contributed by atoms with Gasteiger partial charge in [-0.1, -0.05) is 0 Å². The molecule has 25 heavy (non-hydrogen) atoms. The van der Waals surface area contributed by atoms with Crippen molar-refractivity contribution in [3.8, 4) is 17.2 Å². The molecule has 0 amide bonds. The van der Waals surface area contributed by atoms with Gasteiger partial charge in [-0.15, -0.1) is 0 Å². The van der Waals surface area contributed by atoms with Crippen LogP contribution in [-0.2, 0) is 0 Å². The molecule has 3 N–H and O–H groups in total. The molecule has 0 atom stereocenters. The average Bonchev–Trinajstić information content (AvgIpc) is 3.07. The summed E-state index contributed by atoms with van der Waals surface area (Å²) >= 11 is 0. The number of pyridine rings is 2. The zero-order valence-electron chi connectivity index (χ0n) is 13.7. The molecule has 6 heteroatoms. The number of aromatic nitrogens is 3. The van der Waals surface area contributed by atoms with Gasteiger partial charge in [0.15, 0.2) is 0 Å². The number of fused-ring (bicyclic) bond motifs is 1. The van der Waals surface area contributed by atoms with Crippen LogP contribution in [0.3, 0.4) is 0 Å². The highest BCUT2D eigenvalue weighted by Crippen LogP contribution is 2.30. The number of aromatic amines is 1. The molecule has 6 nitrogen and oxygen atoms in total. The molecule has 4 rings (SSSR count). The number of nitrogens with zero attached hydrogens (tertiary/aromatic N) is 3. The number of H-pyrrole nitrogens is 1. The molecule has 0 aromatic carbocycles. The molecular formula is C19H19N5O. The molecule has 1 saturated carbocycles. The van der Waals surface area contributed by atoms with Crippen LogP contribution in [0.5, 0.6) is 0 Å². The Balaban J connectivity index is 1.68. The zero-order valence-corrected chi connectivity index (χ0v) is 13.7. The van der Waals surface area contributed by atoms with Crippen LogP contribution in [0.1, 0.15) is 31.4 Å². The first kappa shape index (κ1) is 15.6. The molecule has 0 aliphatic heterocycles. The van der Waals surface area contributed by atoms with Crippen LogP contribution < -0.4 is 5.32 Å². The van der Waals surface area contributed by atoms with E-state index in [9.17, 15) is 10.4 Å². The Morgan fingerprint density at radius 3 is 2.88 bits per heavy atom. The Bertz CT molecular complexity index is 934. The minimum absolute atomic E-state index is 0.189. The van der Waals surface area contributed by atoms with E-state index in [-0.39, 0.29) is 12.1 Å². The molecular weight excluding hydrogens is 314 g/mol. The van der Waals surface area contributed by atoms with Crippen molar-refractivity contribution in [3.63, 3.8) is 0 Å². The molecule has 0 bridgehead atoms. The summed E-state index contributed by atoms with van der Waals surface area (Å²) in [5, 5.41) is 23.4. The van der Waals surface area contributed by atoms with Gasteiger partial charge in [-0.05, 0) is 55.5 Å². The quantitative estimate of drug-likeness (QED) is 0.684. The van der Waals surface area contributed by atoms with Crippen LogP contribution in [0.4, 0.5) is 5.82 Å². The van der Waals surface area contributed by atoms with Gasteiger partial charge in [0.05, 0.1) is 6.10 Å². The molecule has 0 spiro atoms. The molecule has 1 fully saturated rings. The maximum absolute atomic E-state index is 9.65. The van der Waals surface area contributed by atoms with E-state index < -0.39 is 0 Å². The van der Waals surface area contributed by atoms with Gasteiger partial charge in [0.2, 0.25) is 0 Å². The minimum Gasteiger partial charge on any atom is -0.393 e. The van der Waals surface area contributed by atoms with Gasteiger partial charge in [0.25, 0.3) is 0 Å². The van der Waals surface area contributed by atoms with E-state index in [2.05, 4.69) is 26.3 Å². The molecule has 3 heterocycles. The van der Waals surface area contributed by atoms with Gasteiger partial charge in [-0.3, -0.25) is 0 Å². The Kier molecular flexibility index (Phi) is 4.08. The van der Waals surface area contributed by atoms with Gasteiger partial charge < -0.3 is 15.4 Å². The van der Waals surface area contributed by atoms with Gasteiger partial charge >= 0.3 is 0 Å². The van der Waals surface area contributed by atoms with Crippen LogP contribution >= 0.6 is 0 Å². The monoisotopic (exact) mass is 333 g/mol. The fraction of sp³-hybridized carbons (Fsp3) is 0.316. The van der Waals surface area contributed by atoms with Crippen molar-refractivity contribution >= 4 is 16.9 Å². The molecule has 1 aliphatic carbocycles. The summed E-state index contributed by atoms with van der Waals surface area (Å²) in [7, 11) is 0. The smallest absolute Gasteiger partial charge is 0.143 e. The van der Waals surface area contributed by atoms with E-state index in [0.717, 1.165) is 47.8 Å². The maximum Gasteiger partial charge on any atom is 0.143 e. The summed E-state index contributed by atoms with van der Waals surface area (Å²) in [4.78, 5) is 11.9. The van der Waals surface area contributed by atoms with Gasteiger partial charge in [-0.2, -0.15) is 5.26 Å². The van der Waals surface area contributed by atoms with Crippen molar-refractivity contribution in [2.24, 2.45) is 0 Å². The second-order valence-electron chi connectivity index (χ2n) is 6.49. The lowest BCUT2D eigenvalue weighted by atomic mass is 9.93. The normalized spacial score (nSPS) is 20.3. The van der Waals surface area contributed by atoms with Crippen LogP contribution in [0.2, 0.25) is 0 Å². The van der Waals surface area contributed by atoms with Crippen molar-refractivity contribution in [1.82, 2.24) is 15.0 Å². The maximum atomic E-state index is 9.65. The van der Waals surface area contributed by atoms with Crippen LogP contribution in [0.25, 0.3) is 22.2 Å². The highest BCUT2D eigenvalue weighted by atomic mass is 16.3. The van der Waals surface area contributed by atoms with E-state index in [4.69, 9.17) is 0 Å². The number of nitrogens with one attached hydrogen (secondary N) is 2. The molecule has 0 unspecified atom stereocenters. The Labute approximate surface area is 145 Å². The minimum atomic E-state index is -0.189. The Hall–Kier alpha value is -2.91. The number of nitriles is 1. The first-order valence-corrected chi connectivity index (χ1v) is 8.52. The molecule has 3 aromatic heterocycles. The topological polar surface area (TPSA) is 97.6 Å². The van der Waals surface area contributed by atoms with Crippen LogP contribution in [-0.4, -0.2) is 32.2 Å². The second kappa shape index (κ2) is 6.54. The van der Waals surface area contributed by atoms with Crippen LogP contribution in [0.15, 0.2) is 36.7 Å². The number of rotatable bonds is 3. The van der Waals surface area contributed by atoms with E-state index in [1.807, 2.05) is 24.4 Å². The summed E-state index contributed by atoms with van der Waals surface area (Å²) in [5.74, 6) is 0.702. The van der Waals surface area contributed by atoms with E-state index in [1.54, 1.807) is 12.3 Å². The lowest BCUT2D eigenvalue weighted by molar-refractivity contribution is 0.126. The van der Waals surface area contributed by atoms with Crippen molar-refractivity contribution in [2.45, 2.75) is 37.8 Å². The summed E-state index contributed by atoms with van der Waals surface area (Å²) in [6.07, 6.45) is 6.89. The number of hydrogen-bond donors (Lipinski definition) is 3. The first-order chi connectivity index (χ1) is 12.2. The molecule has 0 radical (unpaired) electrons. The lowest BCUT2D eigenvalue weighted by Crippen LogP contribution is -2.28. The third kappa shape index (κ3) is 3.19. The van der Waals surface area contributed by atoms with Crippen molar-refractivity contribution in [2.75, 3.05) is 5.32 Å². The highest BCUT2D eigenvalue weighted by molar-refractivity contribution is 5.94.